The third kappa shape index (κ3) is 6.78. The van der Waals surface area contributed by atoms with Gasteiger partial charge in [0.25, 0.3) is 0 Å². The summed E-state index contributed by atoms with van der Waals surface area (Å²) in [5.74, 6) is 0.331. The van der Waals surface area contributed by atoms with E-state index in [1.54, 1.807) is 56.5 Å². The number of carbonyl (C=O) groups is 1. The zero-order valence-corrected chi connectivity index (χ0v) is 22.9. The van der Waals surface area contributed by atoms with Crippen molar-refractivity contribution >= 4 is 27.3 Å². The maximum Gasteiger partial charge on any atom is 0.249 e. The number of rotatable bonds is 11. The Balaban J connectivity index is 1.59. The van der Waals surface area contributed by atoms with Gasteiger partial charge in [-0.25, -0.2) is 13.4 Å². The van der Waals surface area contributed by atoms with Crippen molar-refractivity contribution in [1.82, 2.24) is 10.3 Å². The highest BCUT2D eigenvalue weighted by Gasteiger charge is 2.36. The number of anilines is 2. The van der Waals surface area contributed by atoms with Crippen LogP contribution in [0.1, 0.15) is 24.2 Å². The van der Waals surface area contributed by atoms with Gasteiger partial charge in [0.15, 0.2) is 0 Å². The van der Waals surface area contributed by atoms with E-state index in [2.05, 4.69) is 20.3 Å². The van der Waals surface area contributed by atoms with Gasteiger partial charge in [0.05, 0.1) is 31.4 Å². The fourth-order valence-corrected chi connectivity index (χ4v) is 4.61. The standard InChI is InChI=1S/C28H30N4O7S/c1-28(20-8-10-22(38-2)11-9-20,27(35)31-21-6-4-5-19(15-21)26-29-13-14-39-26)30-17-25(34)18-7-12-24(33)23(16-18)32-40(3,36)37/h4-16,25,30,32-34H,17H2,1-3H3,(H,31,35). The van der Waals surface area contributed by atoms with E-state index in [0.29, 0.717) is 34.0 Å². The lowest BCUT2D eigenvalue weighted by molar-refractivity contribution is -0.122. The van der Waals surface area contributed by atoms with Gasteiger partial charge >= 0.3 is 0 Å². The topological polar surface area (TPSA) is 163 Å². The van der Waals surface area contributed by atoms with Gasteiger partial charge in [0.2, 0.25) is 21.8 Å². The van der Waals surface area contributed by atoms with Crippen molar-refractivity contribution in [2.45, 2.75) is 18.6 Å². The van der Waals surface area contributed by atoms with Gasteiger partial charge in [-0.05, 0) is 60.5 Å². The lowest BCUT2D eigenvalue weighted by atomic mass is 9.90. The fourth-order valence-electron chi connectivity index (χ4n) is 4.05. The van der Waals surface area contributed by atoms with Crippen LogP contribution in [0.5, 0.6) is 11.5 Å². The number of ether oxygens (including phenoxy) is 1. The van der Waals surface area contributed by atoms with Crippen LogP contribution in [0.15, 0.2) is 83.6 Å². The summed E-state index contributed by atoms with van der Waals surface area (Å²) in [7, 11) is -2.12. The Kier molecular flexibility index (Phi) is 8.43. The quantitative estimate of drug-likeness (QED) is 0.171. The lowest BCUT2D eigenvalue weighted by Gasteiger charge is -2.31. The van der Waals surface area contributed by atoms with E-state index < -0.39 is 27.6 Å². The number of aromatic hydroxyl groups is 1. The predicted molar refractivity (Wildman–Crippen MR) is 150 cm³/mol. The number of hydrogen-bond acceptors (Lipinski definition) is 9. The SMILES string of the molecule is COc1ccc(C(C)(NCC(O)c2ccc(O)c(NS(C)(=O)=O)c2)C(=O)Nc2cccc(-c3ncco3)c2)cc1. The molecule has 4 rings (SSSR count). The fraction of sp³-hybridized carbons (Fsp3) is 0.214. The Morgan fingerprint density at radius 2 is 1.88 bits per heavy atom. The summed E-state index contributed by atoms with van der Waals surface area (Å²) in [4.78, 5) is 17.9. The molecule has 0 aliphatic rings. The zero-order valence-electron chi connectivity index (χ0n) is 22.1. The summed E-state index contributed by atoms with van der Waals surface area (Å²) < 4.78 is 36.1. The van der Waals surface area contributed by atoms with Gasteiger partial charge in [0, 0.05) is 17.8 Å². The molecule has 0 saturated carbocycles. The van der Waals surface area contributed by atoms with E-state index >= 15 is 0 Å². The van der Waals surface area contributed by atoms with Crippen LogP contribution in [0.2, 0.25) is 0 Å². The van der Waals surface area contributed by atoms with Crippen LogP contribution in [0, 0.1) is 0 Å². The van der Waals surface area contributed by atoms with E-state index in [9.17, 15) is 23.4 Å². The molecule has 5 N–H and O–H groups in total. The molecule has 1 heterocycles. The highest BCUT2D eigenvalue weighted by atomic mass is 32.2. The van der Waals surface area contributed by atoms with Crippen LogP contribution >= 0.6 is 0 Å². The third-order valence-electron chi connectivity index (χ3n) is 6.27. The van der Waals surface area contributed by atoms with E-state index in [1.807, 2.05) is 6.07 Å². The minimum absolute atomic E-state index is 0.0689. The third-order valence-corrected chi connectivity index (χ3v) is 6.86. The van der Waals surface area contributed by atoms with Gasteiger partial charge in [0.1, 0.15) is 23.3 Å². The molecule has 0 spiro atoms. The Labute approximate surface area is 231 Å². The number of aliphatic hydroxyl groups excluding tert-OH is 1. The van der Waals surface area contributed by atoms with Crippen molar-refractivity contribution in [3.8, 4) is 23.0 Å². The Bertz CT molecular complexity index is 1570. The second-order valence-electron chi connectivity index (χ2n) is 9.27. The van der Waals surface area contributed by atoms with E-state index in [1.165, 1.54) is 30.7 Å². The van der Waals surface area contributed by atoms with E-state index in [-0.39, 0.29) is 18.0 Å². The van der Waals surface area contributed by atoms with Crippen molar-refractivity contribution in [3.63, 3.8) is 0 Å². The minimum Gasteiger partial charge on any atom is -0.506 e. The molecule has 2 atom stereocenters. The number of amides is 1. The highest BCUT2D eigenvalue weighted by molar-refractivity contribution is 7.92. The predicted octanol–water partition coefficient (Wildman–Crippen LogP) is 3.60. The van der Waals surface area contributed by atoms with Crippen molar-refractivity contribution in [1.29, 1.82) is 0 Å². The molecule has 0 bridgehead atoms. The molecule has 0 aliphatic carbocycles. The molecule has 1 amide bonds. The summed E-state index contributed by atoms with van der Waals surface area (Å²) in [6.45, 7) is 1.59. The Morgan fingerprint density at radius 3 is 2.52 bits per heavy atom. The first-order chi connectivity index (χ1) is 19.0. The average Bonchev–Trinajstić information content (AvgIpc) is 3.47. The number of oxazole rings is 1. The molecular formula is C28H30N4O7S. The maximum absolute atomic E-state index is 13.8. The van der Waals surface area contributed by atoms with Crippen molar-refractivity contribution < 1.29 is 32.6 Å². The Hall–Kier alpha value is -4.39. The summed E-state index contributed by atoms with van der Waals surface area (Å²) in [5, 5.41) is 27.1. The molecule has 0 fully saturated rings. The van der Waals surface area contributed by atoms with Gasteiger partial charge < -0.3 is 24.7 Å². The van der Waals surface area contributed by atoms with Gasteiger partial charge in [-0.2, -0.15) is 0 Å². The molecule has 40 heavy (non-hydrogen) atoms. The van der Waals surface area contributed by atoms with E-state index in [0.717, 1.165) is 6.26 Å². The number of aromatic nitrogens is 1. The molecule has 1 aromatic heterocycles. The van der Waals surface area contributed by atoms with Gasteiger partial charge in [-0.15, -0.1) is 0 Å². The van der Waals surface area contributed by atoms with Crippen molar-refractivity contribution in [2.24, 2.45) is 0 Å². The number of nitrogens with one attached hydrogen (secondary N) is 3. The number of benzene rings is 3. The Morgan fingerprint density at radius 1 is 1.12 bits per heavy atom. The number of nitrogens with zero attached hydrogens (tertiary/aromatic N) is 1. The van der Waals surface area contributed by atoms with Crippen LogP contribution < -0.4 is 20.1 Å². The number of phenolic OH excluding ortho intramolecular Hbond substituents is 1. The summed E-state index contributed by atoms with van der Waals surface area (Å²) in [6, 6.07) is 18.1. The van der Waals surface area contributed by atoms with Crippen LogP contribution in [-0.4, -0.2) is 49.4 Å². The molecule has 4 aromatic rings. The zero-order chi connectivity index (χ0) is 28.9. The first kappa shape index (κ1) is 28.6. The largest absolute Gasteiger partial charge is 0.506 e. The highest BCUT2D eigenvalue weighted by Crippen LogP contribution is 2.30. The molecule has 0 aliphatic heterocycles. The van der Waals surface area contributed by atoms with Crippen LogP contribution in [0.3, 0.4) is 0 Å². The number of hydrogen-bond donors (Lipinski definition) is 5. The van der Waals surface area contributed by atoms with Crippen molar-refractivity contribution in [2.75, 3.05) is 29.9 Å². The molecule has 3 aromatic carbocycles. The van der Waals surface area contributed by atoms with Crippen molar-refractivity contribution in [3.05, 3.63) is 90.3 Å². The normalized spacial score (nSPS) is 13.7. The molecule has 0 saturated heterocycles. The van der Waals surface area contributed by atoms with E-state index in [4.69, 9.17) is 9.15 Å². The van der Waals surface area contributed by atoms with Crippen LogP contribution in [0.4, 0.5) is 11.4 Å². The van der Waals surface area contributed by atoms with Crippen LogP contribution in [0.25, 0.3) is 11.5 Å². The molecule has 2 unspecified atom stereocenters. The number of carbonyl (C=O) groups excluding carboxylic acids is 1. The van der Waals surface area contributed by atoms with Gasteiger partial charge in [-0.1, -0.05) is 24.3 Å². The maximum atomic E-state index is 13.8. The average molecular weight is 567 g/mol. The molecule has 210 valence electrons. The molecule has 0 radical (unpaired) electrons. The first-order valence-corrected chi connectivity index (χ1v) is 14.1. The second-order valence-corrected chi connectivity index (χ2v) is 11.0. The smallest absolute Gasteiger partial charge is 0.249 e. The first-order valence-electron chi connectivity index (χ1n) is 12.2. The second kappa shape index (κ2) is 11.8. The minimum atomic E-state index is -3.66. The molecule has 11 nitrogen and oxygen atoms in total. The summed E-state index contributed by atoms with van der Waals surface area (Å²) in [6.07, 6.45) is 2.80. The molecule has 12 heteroatoms. The number of aliphatic hydroxyl groups is 1. The van der Waals surface area contributed by atoms with Gasteiger partial charge in [-0.3, -0.25) is 14.8 Å². The number of sulfonamides is 1. The summed E-state index contributed by atoms with van der Waals surface area (Å²) in [5.41, 5.74) is 0.734. The lowest BCUT2D eigenvalue weighted by Crippen LogP contribution is -2.50. The number of methoxy groups -OCH3 is 1. The van der Waals surface area contributed by atoms with Crippen LogP contribution in [-0.2, 0) is 20.4 Å². The summed E-state index contributed by atoms with van der Waals surface area (Å²) >= 11 is 0. The monoisotopic (exact) mass is 566 g/mol. The molecular weight excluding hydrogens is 536 g/mol. The number of phenols is 1.